The van der Waals surface area contributed by atoms with Crippen molar-refractivity contribution in [3.8, 4) is 0 Å². The normalized spacial score (nSPS) is 11.3. The van der Waals surface area contributed by atoms with Gasteiger partial charge in [-0.15, -0.1) is 0 Å². The van der Waals surface area contributed by atoms with Crippen LogP contribution in [0.5, 0.6) is 0 Å². The maximum Gasteiger partial charge on any atom is 0.156 e. The number of nitrogens with one attached hydrogen (secondary N) is 1. The van der Waals surface area contributed by atoms with Crippen LogP contribution in [-0.2, 0) is 0 Å². The van der Waals surface area contributed by atoms with Crippen molar-refractivity contribution in [1.82, 2.24) is 15.6 Å². The molecule has 0 bridgehead atoms. The first-order chi connectivity index (χ1) is 9.79. The molecular weight excluding hydrogens is 262 g/mol. The van der Waals surface area contributed by atoms with Gasteiger partial charge in [-0.25, -0.2) is 4.63 Å². The number of aromatic nitrogens is 2. The molecule has 0 saturated carbocycles. The maximum absolute atomic E-state index is 8.94. The molecule has 110 valence electrons. The van der Waals surface area contributed by atoms with Crippen molar-refractivity contribution >= 4 is 5.71 Å². The fraction of sp³-hybridized carbons (Fsp3) is 0.727. The molecule has 1 heterocycles. The summed E-state index contributed by atoms with van der Waals surface area (Å²) in [6, 6.07) is 0. The van der Waals surface area contributed by atoms with Gasteiger partial charge < -0.3 is 10.5 Å². The smallest absolute Gasteiger partial charge is 0.156 e. The molecule has 0 aliphatic heterocycles. The number of hydrogen-bond acceptors (Lipinski definition) is 7. The van der Waals surface area contributed by atoms with E-state index in [9.17, 15) is 0 Å². The largest absolute Gasteiger partial charge is 0.411 e. The summed E-state index contributed by atoms with van der Waals surface area (Å²) in [5.74, 6) is 0. The highest BCUT2D eigenvalue weighted by molar-refractivity contribution is 6.00. The van der Waals surface area contributed by atoms with Crippen LogP contribution in [-0.4, -0.2) is 40.9 Å². The number of rotatable bonds is 10. The quantitative estimate of drug-likeness (QED) is 0.129. The predicted octanol–water partition coefficient (Wildman–Crippen LogP) is 2.02. The third-order valence-corrected chi connectivity index (χ3v) is 2.76. The van der Waals surface area contributed by atoms with Gasteiger partial charge in [-0.1, -0.05) is 28.3 Å². The number of azide groups is 1. The van der Waals surface area contributed by atoms with Crippen LogP contribution in [0.15, 0.2) is 14.9 Å². The minimum absolute atomic E-state index is 0.407. The average molecular weight is 281 g/mol. The van der Waals surface area contributed by atoms with Gasteiger partial charge in [0.2, 0.25) is 0 Å². The van der Waals surface area contributed by atoms with E-state index in [4.69, 9.17) is 10.7 Å². The zero-order valence-electron chi connectivity index (χ0n) is 11.5. The zero-order valence-corrected chi connectivity index (χ0v) is 11.5. The molecule has 0 amide bonds. The maximum atomic E-state index is 8.94. The van der Waals surface area contributed by atoms with Crippen LogP contribution in [0, 0.1) is 6.92 Å². The van der Waals surface area contributed by atoms with E-state index in [1.54, 1.807) is 6.92 Å². The Balaban J connectivity index is 2.11. The van der Waals surface area contributed by atoms with Crippen LogP contribution in [0.25, 0.3) is 10.4 Å². The van der Waals surface area contributed by atoms with Gasteiger partial charge in [0.05, 0.1) is 0 Å². The van der Waals surface area contributed by atoms with Crippen molar-refractivity contribution in [2.45, 2.75) is 32.6 Å². The summed E-state index contributed by atoms with van der Waals surface area (Å²) in [6.45, 7) is 3.51. The summed E-state index contributed by atoms with van der Waals surface area (Å²) in [6.07, 6.45) is 4.01. The van der Waals surface area contributed by atoms with Crippen LogP contribution in [0.4, 0.5) is 0 Å². The molecule has 0 saturated heterocycles. The third kappa shape index (κ3) is 5.68. The summed E-state index contributed by atoms with van der Waals surface area (Å²) >= 11 is 0. The molecule has 0 fully saturated rings. The van der Waals surface area contributed by atoms with Crippen molar-refractivity contribution in [2.75, 3.05) is 19.6 Å². The van der Waals surface area contributed by atoms with E-state index in [-0.39, 0.29) is 0 Å². The van der Waals surface area contributed by atoms with E-state index in [2.05, 4.69) is 35.4 Å². The Morgan fingerprint density at radius 2 is 2.15 bits per heavy atom. The molecule has 1 rings (SSSR count). The van der Waals surface area contributed by atoms with Gasteiger partial charge in [0, 0.05) is 18.0 Å². The second-order valence-corrected chi connectivity index (χ2v) is 4.29. The van der Waals surface area contributed by atoms with Gasteiger partial charge in [-0.3, -0.25) is 0 Å². The molecule has 1 aromatic heterocycles. The van der Waals surface area contributed by atoms with Gasteiger partial charge >= 0.3 is 0 Å². The Hall–Kier alpha value is -2.12. The minimum atomic E-state index is 0.407. The van der Waals surface area contributed by atoms with Gasteiger partial charge in [-0.05, 0) is 37.0 Å². The standard InChI is InChI=1S/C11H19N7O2/c1-9-11(17-20-16-9)10(15-19)8-13-6-4-2-3-5-7-14-18-12/h13,19H,2-8H2,1H3. The third-order valence-electron chi connectivity index (χ3n) is 2.76. The summed E-state index contributed by atoms with van der Waals surface area (Å²) < 4.78 is 4.57. The Kier molecular flexibility index (Phi) is 7.78. The lowest BCUT2D eigenvalue weighted by molar-refractivity contribution is 0.301. The molecule has 0 aliphatic carbocycles. The van der Waals surface area contributed by atoms with Crippen molar-refractivity contribution < 1.29 is 9.84 Å². The molecule has 0 radical (unpaired) electrons. The van der Waals surface area contributed by atoms with Gasteiger partial charge in [0.15, 0.2) is 5.69 Å². The van der Waals surface area contributed by atoms with Crippen molar-refractivity contribution in [1.29, 1.82) is 0 Å². The fourth-order valence-corrected chi connectivity index (χ4v) is 1.70. The summed E-state index contributed by atoms with van der Waals surface area (Å²) in [5, 5.41) is 26.1. The zero-order chi connectivity index (χ0) is 14.6. The van der Waals surface area contributed by atoms with Gasteiger partial charge in [0.25, 0.3) is 0 Å². The van der Waals surface area contributed by atoms with Crippen LogP contribution in [0.1, 0.15) is 37.1 Å². The molecule has 2 N–H and O–H groups in total. The van der Waals surface area contributed by atoms with Crippen molar-refractivity contribution in [2.24, 2.45) is 10.3 Å². The van der Waals surface area contributed by atoms with Crippen LogP contribution >= 0.6 is 0 Å². The predicted molar refractivity (Wildman–Crippen MR) is 72.7 cm³/mol. The molecule has 0 spiro atoms. The second-order valence-electron chi connectivity index (χ2n) is 4.29. The lowest BCUT2D eigenvalue weighted by atomic mass is 10.2. The highest BCUT2D eigenvalue weighted by Gasteiger charge is 2.12. The molecule has 9 heteroatoms. The van der Waals surface area contributed by atoms with Gasteiger partial charge in [0.1, 0.15) is 11.4 Å². The van der Waals surface area contributed by atoms with E-state index in [1.165, 1.54) is 0 Å². The summed E-state index contributed by atoms with van der Waals surface area (Å²) in [7, 11) is 0. The first-order valence-electron chi connectivity index (χ1n) is 6.51. The number of nitrogens with zero attached hydrogens (tertiary/aromatic N) is 6. The Morgan fingerprint density at radius 3 is 2.80 bits per heavy atom. The molecule has 0 atom stereocenters. The molecular formula is C11H19N7O2. The van der Waals surface area contributed by atoms with Crippen LogP contribution in [0.2, 0.25) is 0 Å². The Morgan fingerprint density at radius 1 is 1.35 bits per heavy atom. The summed E-state index contributed by atoms with van der Waals surface area (Å²) in [4.78, 5) is 2.70. The van der Waals surface area contributed by atoms with E-state index < -0.39 is 0 Å². The molecule has 9 nitrogen and oxygen atoms in total. The van der Waals surface area contributed by atoms with Crippen LogP contribution in [0.3, 0.4) is 0 Å². The van der Waals surface area contributed by atoms with Crippen molar-refractivity contribution in [3.63, 3.8) is 0 Å². The van der Waals surface area contributed by atoms with Crippen LogP contribution < -0.4 is 5.32 Å². The highest BCUT2D eigenvalue weighted by atomic mass is 16.6. The minimum Gasteiger partial charge on any atom is -0.411 e. The van der Waals surface area contributed by atoms with E-state index in [0.29, 0.717) is 30.2 Å². The first kappa shape index (κ1) is 15.9. The SMILES string of the molecule is Cc1nonc1C(CNCCCCCCN=[N+]=[N-])=NO. The monoisotopic (exact) mass is 281 g/mol. The highest BCUT2D eigenvalue weighted by Crippen LogP contribution is 2.03. The molecule has 0 unspecified atom stereocenters. The number of oxime groups is 1. The topological polar surface area (TPSA) is 132 Å². The van der Waals surface area contributed by atoms with Gasteiger partial charge in [-0.2, -0.15) is 0 Å². The van der Waals surface area contributed by atoms with E-state index in [0.717, 1.165) is 32.2 Å². The molecule has 0 aliphatic rings. The number of aryl methyl sites for hydroxylation is 1. The number of unbranched alkanes of at least 4 members (excludes halogenated alkanes) is 3. The Labute approximate surface area is 116 Å². The molecule has 1 aromatic rings. The van der Waals surface area contributed by atoms with E-state index >= 15 is 0 Å². The number of hydrogen-bond donors (Lipinski definition) is 2. The fourth-order valence-electron chi connectivity index (χ4n) is 1.70. The van der Waals surface area contributed by atoms with Crippen molar-refractivity contribution in [3.05, 3.63) is 21.8 Å². The molecule has 20 heavy (non-hydrogen) atoms. The first-order valence-corrected chi connectivity index (χ1v) is 6.51. The lowest BCUT2D eigenvalue weighted by Gasteiger charge is -2.04. The average Bonchev–Trinajstić information content (AvgIpc) is 2.87. The second kappa shape index (κ2) is 9.76. The lowest BCUT2D eigenvalue weighted by Crippen LogP contribution is -2.25. The Bertz CT molecular complexity index is 465. The van der Waals surface area contributed by atoms with E-state index in [1.807, 2.05) is 0 Å². The summed E-state index contributed by atoms with van der Waals surface area (Å²) in [5.41, 5.74) is 9.58. The molecule has 0 aromatic carbocycles.